The van der Waals surface area contributed by atoms with Crippen LogP contribution < -0.4 is 5.32 Å². The Hall–Kier alpha value is -0.460. The van der Waals surface area contributed by atoms with E-state index in [0.717, 1.165) is 27.6 Å². The predicted molar refractivity (Wildman–Crippen MR) is 79.5 cm³/mol. The van der Waals surface area contributed by atoms with Gasteiger partial charge in [-0.25, -0.2) is 9.97 Å². The monoisotopic (exact) mass is 283 g/mol. The van der Waals surface area contributed by atoms with Crippen LogP contribution >= 0.6 is 34.9 Å². The molecule has 1 N–H and O–H groups in total. The van der Waals surface area contributed by atoms with Crippen LogP contribution in [0.4, 0.5) is 5.82 Å². The van der Waals surface area contributed by atoms with Crippen LogP contribution in [0.2, 0.25) is 0 Å². The molecule has 0 radical (unpaired) electrons. The second-order valence-corrected chi connectivity index (χ2v) is 7.11. The molecule has 3 nitrogen and oxygen atoms in total. The third kappa shape index (κ3) is 2.26. The molecule has 0 aliphatic carbocycles. The first-order valence-electron chi connectivity index (χ1n) is 5.50. The second kappa shape index (κ2) is 5.04. The Morgan fingerprint density at radius 2 is 2.29 bits per heavy atom. The third-order valence-electron chi connectivity index (χ3n) is 2.68. The average molecular weight is 283 g/mol. The van der Waals surface area contributed by atoms with Crippen molar-refractivity contribution < 1.29 is 0 Å². The highest BCUT2D eigenvalue weighted by atomic mass is 32.2. The molecular formula is C11H13N3S3. The number of nitrogens with one attached hydrogen (secondary N) is 1. The van der Waals surface area contributed by atoms with Crippen LogP contribution in [0.5, 0.6) is 0 Å². The average Bonchev–Trinajstić information content (AvgIpc) is 2.86. The molecule has 0 amide bonds. The fourth-order valence-electron chi connectivity index (χ4n) is 1.84. The Morgan fingerprint density at radius 3 is 3.06 bits per heavy atom. The summed E-state index contributed by atoms with van der Waals surface area (Å²) in [6, 6.07) is 2.08. The molecule has 17 heavy (non-hydrogen) atoms. The Labute approximate surface area is 113 Å². The second-order valence-electron chi connectivity index (χ2n) is 3.75. The summed E-state index contributed by atoms with van der Waals surface area (Å²) in [6.45, 7) is 0. The van der Waals surface area contributed by atoms with Crippen molar-refractivity contribution in [2.24, 2.45) is 0 Å². The van der Waals surface area contributed by atoms with Crippen molar-refractivity contribution in [2.45, 2.75) is 5.25 Å². The zero-order valence-electron chi connectivity index (χ0n) is 9.47. The highest BCUT2D eigenvalue weighted by Crippen LogP contribution is 2.37. The summed E-state index contributed by atoms with van der Waals surface area (Å²) in [5.74, 6) is 5.53. The first kappa shape index (κ1) is 11.6. The molecule has 1 aliphatic rings. The lowest BCUT2D eigenvalue weighted by Crippen LogP contribution is -2.11. The van der Waals surface area contributed by atoms with Gasteiger partial charge in [0.15, 0.2) is 0 Å². The van der Waals surface area contributed by atoms with Gasteiger partial charge in [0, 0.05) is 24.3 Å². The first-order chi connectivity index (χ1) is 8.38. The molecule has 0 spiro atoms. The smallest absolute Gasteiger partial charge is 0.146 e. The quantitative estimate of drug-likeness (QED) is 0.916. The van der Waals surface area contributed by atoms with Gasteiger partial charge >= 0.3 is 0 Å². The fraction of sp³-hybridized carbons (Fsp3) is 0.455. The Balaban J connectivity index is 2.03. The van der Waals surface area contributed by atoms with E-state index >= 15 is 0 Å². The Bertz CT molecular complexity index is 520. The zero-order valence-corrected chi connectivity index (χ0v) is 11.9. The topological polar surface area (TPSA) is 37.8 Å². The number of rotatable bonds is 2. The van der Waals surface area contributed by atoms with Gasteiger partial charge in [-0.15, -0.1) is 23.1 Å². The van der Waals surface area contributed by atoms with E-state index in [-0.39, 0.29) is 0 Å². The van der Waals surface area contributed by atoms with Crippen molar-refractivity contribution in [1.29, 1.82) is 0 Å². The van der Waals surface area contributed by atoms with Crippen LogP contribution in [0, 0.1) is 0 Å². The zero-order chi connectivity index (χ0) is 11.7. The summed E-state index contributed by atoms with van der Waals surface area (Å²) in [7, 11) is 1.92. The van der Waals surface area contributed by atoms with Gasteiger partial charge in [0.25, 0.3) is 0 Å². The number of hydrogen-bond acceptors (Lipinski definition) is 6. The van der Waals surface area contributed by atoms with Crippen LogP contribution in [-0.2, 0) is 0 Å². The molecule has 1 saturated heterocycles. The van der Waals surface area contributed by atoms with Crippen LogP contribution in [0.15, 0.2) is 11.4 Å². The maximum Gasteiger partial charge on any atom is 0.146 e. The summed E-state index contributed by atoms with van der Waals surface area (Å²) >= 11 is 5.67. The lowest BCUT2D eigenvalue weighted by atomic mass is 10.3. The van der Waals surface area contributed by atoms with E-state index in [1.807, 2.05) is 30.6 Å². The summed E-state index contributed by atoms with van der Waals surface area (Å²) in [5, 5.41) is 6.84. The minimum atomic E-state index is 0.451. The number of aromatic nitrogens is 2. The molecule has 1 aliphatic heterocycles. The van der Waals surface area contributed by atoms with Gasteiger partial charge in [-0.2, -0.15) is 11.8 Å². The van der Waals surface area contributed by atoms with Crippen LogP contribution in [0.25, 0.3) is 10.2 Å². The van der Waals surface area contributed by atoms with Crippen molar-refractivity contribution in [3.05, 3.63) is 17.3 Å². The van der Waals surface area contributed by atoms with E-state index in [1.165, 1.54) is 11.5 Å². The standard InChI is InChI=1S/C11H13N3S3/c1-12-9-7-2-3-17-11(7)14-10(13-9)8-6-15-4-5-16-8/h2-3,8H,4-6H2,1H3,(H,12,13,14). The molecule has 3 rings (SSSR count). The molecule has 2 aromatic rings. The molecule has 0 saturated carbocycles. The summed E-state index contributed by atoms with van der Waals surface area (Å²) < 4.78 is 0. The highest BCUT2D eigenvalue weighted by Gasteiger charge is 2.20. The number of hydrogen-bond donors (Lipinski definition) is 1. The van der Waals surface area contributed by atoms with Gasteiger partial charge in [0.05, 0.1) is 10.6 Å². The van der Waals surface area contributed by atoms with Gasteiger partial charge in [-0.3, -0.25) is 0 Å². The number of thioether (sulfide) groups is 2. The van der Waals surface area contributed by atoms with E-state index in [2.05, 4.69) is 21.7 Å². The predicted octanol–water partition coefficient (Wildman–Crippen LogP) is 3.25. The van der Waals surface area contributed by atoms with Crippen molar-refractivity contribution in [2.75, 3.05) is 29.6 Å². The van der Waals surface area contributed by atoms with Crippen molar-refractivity contribution >= 4 is 50.9 Å². The number of fused-ring (bicyclic) bond motifs is 1. The molecule has 1 atom stereocenters. The largest absolute Gasteiger partial charge is 0.372 e. The maximum atomic E-state index is 4.70. The number of nitrogens with zero attached hydrogens (tertiary/aromatic N) is 2. The normalized spacial score (nSPS) is 20.6. The van der Waals surface area contributed by atoms with E-state index in [9.17, 15) is 0 Å². The molecule has 0 aromatic carbocycles. The summed E-state index contributed by atoms with van der Waals surface area (Å²) in [6.07, 6.45) is 0. The number of anilines is 1. The lowest BCUT2D eigenvalue weighted by Gasteiger charge is -2.20. The molecular weight excluding hydrogens is 270 g/mol. The minimum Gasteiger partial charge on any atom is -0.372 e. The van der Waals surface area contributed by atoms with E-state index in [1.54, 1.807) is 11.3 Å². The molecule has 90 valence electrons. The summed E-state index contributed by atoms with van der Waals surface area (Å²) in [4.78, 5) is 10.5. The minimum absolute atomic E-state index is 0.451. The van der Waals surface area contributed by atoms with Gasteiger partial charge in [0.2, 0.25) is 0 Å². The van der Waals surface area contributed by atoms with Crippen LogP contribution in [0.3, 0.4) is 0 Å². The van der Waals surface area contributed by atoms with Crippen molar-refractivity contribution in [3.63, 3.8) is 0 Å². The van der Waals surface area contributed by atoms with Crippen molar-refractivity contribution in [1.82, 2.24) is 9.97 Å². The Kier molecular flexibility index (Phi) is 3.44. The lowest BCUT2D eigenvalue weighted by molar-refractivity contribution is 0.947. The molecule has 3 heterocycles. The Morgan fingerprint density at radius 1 is 1.35 bits per heavy atom. The molecule has 2 aromatic heterocycles. The molecule has 1 fully saturated rings. The molecule has 1 unspecified atom stereocenters. The van der Waals surface area contributed by atoms with E-state index in [0.29, 0.717) is 5.25 Å². The molecule has 0 bridgehead atoms. The van der Waals surface area contributed by atoms with Crippen molar-refractivity contribution in [3.8, 4) is 0 Å². The third-order valence-corrected chi connectivity index (χ3v) is 6.24. The first-order valence-corrected chi connectivity index (χ1v) is 8.59. The summed E-state index contributed by atoms with van der Waals surface area (Å²) in [5.41, 5.74) is 0. The van der Waals surface area contributed by atoms with Gasteiger partial charge in [-0.1, -0.05) is 0 Å². The molecule has 6 heteroatoms. The SMILES string of the molecule is CNc1nc(C2CSCCS2)nc2sccc12. The fourth-order valence-corrected chi connectivity index (χ4v) is 5.21. The van der Waals surface area contributed by atoms with E-state index < -0.39 is 0 Å². The van der Waals surface area contributed by atoms with Crippen LogP contribution in [0.1, 0.15) is 11.1 Å². The number of thiophene rings is 1. The van der Waals surface area contributed by atoms with Crippen LogP contribution in [-0.4, -0.2) is 34.3 Å². The maximum absolute atomic E-state index is 4.70. The van der Waals surface area contributed by atoms with Gasteiger partial charge in [-0.05, 0) is 11.4 Å². The van der Waals surface area contributed by atoms with Gasteiger partial charge in [0.1, 0.15) is 16.5 Å². The highest BCUT2D eigenvalue weighted by molar-refractivity contribution is 8.06. The van der Waals surface area contributed by atoms with Gasteiger partial charge < -0.3 is 5.32 Å². The van der Waals surface area contributed by atoms with E-state index in [4.69, 9.17) is 4.98 Å².